The molecule has 0 fully saturated rings. The molecule has 0 bridgehead atoms. The molecule has 0 atom stereocenters. The maximum Gasteiger partial charge on any atom is 0.423 e. The van der Waals surface area contributed by atoms with Gasteiger partial charge >= 0.3 is 6.18 Å². The van der Waals surface area contributed by atoms with Gasteiger partial charge in [-0.05, 0) is 6.92 Å². The van der Waals surface area contributed by atoms with Crippen molar-refractivity contribution in [2.24, 2.45) is 0 Å². The fourth-order valence-electron chi connectivity index (χ4n) is 1.25. The van der Waals surface area contributed by atoms with Crippen LogP contribution in [0, 0.1) is 10.1 Å². The van der Waals surface area contributed by atoms with Gasteiger partial charge < -0.3 is 9.84 Å². The van der Waals surface area contributed by atoms with E-state index in [0.717, 1.165) is 0 Å². The predicted octanol–water partition coefficient (Wildman–Crippen LogP) is 2.72. The summed E-state index contributed by atoms with van der Waals surface area (Å²) in [6, 6.07) is 1.07. The van der Waals surface area contributed by atoms with Gasteiger partial charge in [-0.25, -0.2) is 0 Å². The zero-order valence-electron chi connectivity index (χ0n) is 8.61. The summed E-state index contributed by atoms with van der Waals surface area (Å²) < 4.78 is 42.3. The molecule has 0 aromatic heterocycles. The van der Waals surface area contributed by atoms with Crippen LogP contribution in [0.25, 0.3) is 0 Å². The number of rotatable bonds is 3. The quantitative estimate of drug-likeness (QED) is 0.662. The number of nitrogens with zero attached hydrogens (tertiary/aromatic N) is 1. The Balaban J connectivity index is 3.43. The Labute approximate surface area is 93.6 Å². The highest BCUT2D eigenvalue weighted by Crippen LogP contribution is 2.44. The number of non-ortho nitro benzene ring substituents is 1. The van der Waals surface area contributed by atoms with Crippen molar-refractivity contribution in [1.82, 2.24) is 0 Å². The van der Waals surface area contributed by atoms with Crippen LogP contribution >= 0.6 is 0 Å². The minimum atomic E-state index is -4.84. The summed E-state index contributed by atoms with van der Waals surface area (Å²) in [6.07, 6.45) is -4.84. The summed E-state index contributed by atoms with van der Waals surface area (Å²) in [7, 11) is 0. The summed E-state index contributed by atoms with van der Waals surface area (Å²) in [5, 5.41) is 19.6. The molecule has 0 heterocycles. The molecule has 5 nitrogen and oxygen atoms in total. The Morgan fingerprint density at radius 1 is 1.47 bits per heavy atom. The third-order valence-electron chi connectivity index (χ3n) is 1.86. The maximum absolute atomic E-state index is 12.6. The van der Waals surface area contributed by atoms with Crippen molar-refractivity contribution in [2.45, 2.75) is 13.1 Å². The molecule has 1 aromatic carbocycles. The van der Waals surface area contributed by atoms with E-state index < -0.39 is 33.8 Å². The van der Waals surface area contributed by atoms with Crippen LogP contribution in [0.5, 0.6) is 11.5 Å². The van der Waals surface area contributed by atoms with Gasteiger partial charge in [0.25, 0.3) is 5.69 Å². The Morgan fingerprint density at radius 3 is 2.47 bits per heavy atom. The van der Waals surface area contributed by atoms with Gasteiger partial charge in [-0.15, -0.1) is 0 Å². The number of hydrogen-bond acceptors (Lipinski definition) is 4. The zero-order valence-corrected chi connectivity index (χ0v) is 8.61. The summed E-state index contributed by atoms with van der Waals surface area (Å²) in [5.41, 5.74) is -2.08. The lowest BCUT2D eigenvalue weighted by molar-refractivity contribution is -0.385. The third kappa shape index (κ3) is 2.77. The van der Waals surface area contributed by atoms with Crippen molar-refractivity contribution >= 4 is 5.69 Å². The molecule has 0 unspecified atom stereocenters. The van der Waals surface area contributed by atoms with Crippen LogP contribution in [0.15, 0.2) is 12.1 Å². The molecule has 0 aliphatic heterocycles. The molecule has 1 aromatic rings. The van der Waals surface area contributed by atoms with Crippen LogP contribution in [-0.2, 0) is 6.18 Å². The van der Waals surface area contributed by atoms with Gasteiger partial charge in [0, 0.05) is 0 Å². The van der Waals surface area contributed by atoms with Crippen molar-refractivity contribution in [3.8, 4) is 11.5 Å². The van der Waals surface area contributed by atoms with Crippen LogP contribution in [0.4, 0.5) is 18.9 Å². The largest absolute Gasteiger partial charge is 0.507 e. The third-order valence-corrected chi connectivity index (χ3v) is 1.86. The second kappa shape index (κ2) is 4.48. The first kappa shape index (κ1) is 13.1. The van der Waals surface area contributed by atoms with E-state index in [2.05, 4.69) is 4.74 Å². The number of nitro groups is 1. The van der Waals surface area contributed by atoms with E-state index in [-0.39, 0.29) is 6.61 Å². The first-order valence-corrected chi connectivity index (χ1v) is 4.48. The average molecular weight is 251 g/mol. The van der Waals surface area contributed by atoms with Gasteiger partial charge in [0.15, 0.2) is 0 Å². The molecule has 8 heteroatoms. The molecule has 0 saturated heterocycles. The minimum Gasteiger partial charge on any atom is -0.507 e. The Hall–Kier alpha value is -1.99. The smallest absolute Gasteiger partial charge is 0.423 e. The van der Waals surface area contributed by atoms with Crippen LogP contribution in [0.1, 0.15) is 12.5 Å². The zero-order chi connectivity index (χ0) is 13.2. The first-order chi connectivity index (χ1) is 7.77. The molecular weight excluding hydrogens is 243 g/mol. The Morgan fingerprint density at radius 2 is 2.06 bits per heavy atom. The van der Waals surface area contributed by atoms with Gasteiger partial charge in [0.2, 0.25) is 0 Å². The van der Waals surface area contributed by atoms with E-state index in [1.54, 1.807) is 0 Å². The summed E-state index contributed by atoms with van der Waals surface area (Å²) in [4.78, 5) is 9.51. The molecular formula is C9H8F3NO4. The highest BCUT2D eigenvalue weighted by Gasteiger charge is 2.39. The molecule has 17 heavy (non-hydrogen) atoms. The number of halogens is 3. The minimum absolute atomic E-state index is 0.107. The highest BCUT2D eigenvalue weighted by molar-refractivity contribution is 5.54. The topological polar surface area (TPSA) is 72.6 Å². The maximum atomic E-state index is 12.6. The van der Waals surface area contributed by atoms with E-state index in [9.17, 15) is 28.4 Å². The molecule has 0 radical (unpaired) electrons. The van der Waals surface area contributed by atoms with E-state index >= 15 is 0 Å². The standard InChI is InChI=1S/C9H8F3NO4/c1-2-17-7-4-5(13(15)16)3-6(14)8(7)9(10,11)12/h3-4,14H,2H2,1H3. The van der Waals surface area contributed by atoms with Crippen molar-refractivity contribution in [3.05, 3.63) is 27.8 Å². The highest BCUT2D eigenvalue weighted by atomic mass is 19.4. The van der Waals surface area contributed by atoms with Crippen molar-refractivity contribution in [3.63, 3.8) is 0 Å². The normalized spacial score (nSPS) is 11.3. The van der Waals surface area contributed by atoms with Crippen LogP contribution in [0.3, 0.4) is 0 Å². The first-order valence-electron chi connectivity index (χ1n) is 4.48. The fourth-order valence-corrected chi connectivity index (χ4v) is 1.25. The number of hydrogen-bond donors (Lipinski definition) is 1. The molecule has 0 saturated carbocycles. The average Bonchev–Trinajstić information content (AvgIpc) is 2.14. The number of alkyl halides is 3. The molecule has 0 amide bonds. The number of phenolic OH excluding ortho intramolecular Hbond substituents is 1. The summed E-state index contributed by atoms with van der Waals surface area (Å²) in [5.74, 6) is -1.98. The lowest BCUT2D eigenvalue weighted by atomic mass is 10.1. The lowest BCUT2D eigenvalue weighted by Crippen LogP contribution is -2.09. The van der Waals surface area contributed by atoms with Gasteiger partial charge in [0.1, 0.15) is 17.1 Å². The van der Waals surface area contributed by atoms with Gasteiger partial charge in [-0.3, -0.25) is 10.1 Å². The van der Waals surface area contributed by atoms with E-state index in [1.807, 2.05) is 0 Å². The van der Waals surface area contributed by atoms with Crippen LogP contribution in [0.2, 0.25) is 0 Å². The Bertz CT molecular complexity index is 445. The van der Waals surface area contributed by atoms with Gasteiger partial charge in [-0.2, -0.15) is 13.2 Å². The van der Waals surface area contributed by atoms with Crippen molar-refractivity contribution < 1.29 is 27.9 Å². The molecule has 94 valence electrons. The molecule has 0 aliphatic carbocycles. The number of aromatic hydroxyl groups is 1. The van der Waals surface area contributed by atoms with Crippen molar-refractivity contribution in [2.75, 3.05) is 6.61 Å². The van der Waals surface area contributed by atoms with Crippen LogP contribution < -0.4 is 4.74 Å². The summed E-state index contributed by atoms with van der Waals surface area (Å²) >= 11 is 0. The Kier molecular flexibility index (Phi) is 3.45. The summed E-state index contributed by atoms with van der Waals surface area (Å²) in [6.45, 7) is 1.32. The number of phenols is 1. The van der Waals surface area contributed by atoms with E-state index in [1.165, 1.54) is 6.92 Å². The monoisotopic (exact) mass is 251 g/mol. The van der Waals surface area contributed by atoms with Crippen LogP contribution in [-0.4, -0.2) is 16.6 Å². The molecule has 1 N–H and O–H groups in total. The number of nitro benzene ring substituents is 1. The van der Waals surface area contributed by atoms with Gasteiger partial charge in [0.05, 0.1) is 23.7 Å². The predicted molar refractivity (Wildman–Crippen MR) is 50.9 cm³/mol. The molecule has 1 rings (SSSR count). The SMILES string of the molecule is CCOc1cc([N+](=O)[O-])cc(O)c1C(F)(F)F. The van der Waals surface area contributed by atoms with Crippen molar-refractivity contribution in [1.29, 1.82) is 0 Å². The fraction of sp³-hybridized carbons (Fsp3) is 0.333. The second-order valence-electron chi connectivity index (χ2n) is 3.03. The second-order valence-corrected chi connectivity index (χ2v) is 3.03. The van der Waals surface area contributed by atoms with Gasteiger partial charge in [-0.1, -0.05) is 0 Å². The lowest BCUT2D eigenvalue weighted by Gasteiger charge is -2.14. The molecule has 0 spiro atoms. The number of ether oxygens (including phenoxy) is 1. The van der Waals surface area contributed by atoms with E-state index in [4.69, 9.17) is 0 Å². The van der Waals surface area contributed by atoms with E-state index in [0.29, 0.717) is 12.1 Å². The molecule has 0 aliphatic rings. The number of benzene rings is 1.